The van der Waals surface area contributed by atoms with Gasteiger partial charge in [-0.1, -0.05) is 37.1 Å². The third kappa shape index (κ3) is 3.45. The summed E-state index contributed by atoms with van der Waals surface area (Å²) in [6, 6.07) is 13.4. The first-order chi connectivity index (χ1) is 14.4. The van der Waals surface area contributed by atoms with Crippen molar-refractivity contribution in [3.63, 3.8) is 0 Å². The topological polar surface area (TPSA) is 92.8 Å². The number of amides is 1. The molecule has 8 heteroatoms. The lowest BCUT2D eigenvalue weighted by Gasteiger charge is -2.27. The largest absolute Gasteiger partial charge is 0.467 e. The fraction of sp³-hybridized carbons (Fsp3) is 0.364. The minimum absolute atomic E-state index is 0.0467. The Morgan fingerprint density at radius 1 is 1.07 bits per heavy atom. The maximum Gasteiger partial charge on any atom is 0.331 e. The van der Waals surface area contributed by atoms with Gasteiger partial charge in [-0.05, 0) is 49.1 Å². The molecule has 2 aliphatic rings. The van der Waals surface area contributed by atoms with Gasteiger partial charge in [-0.2, -0.15) is 0 Å². The predicted octanol–water partition coefficient (Wildman–Crippen LogP) is 2.65. The number of benzene rings is 2. The van der Waals surface area contributed by atoms with Crippen LogP contribution in [0.15, 0.2) is 53.4 Å². The van der Waals surface area contributed by atoms with Gasteiger partial charge in [0, 0.05) is 12.1 Å². The Morgan fingerprint density at radius 2 is 1.80 bits per heavy atom. The van der Waals surface area contributed by atoms with Crippen LogP contribution in [0.2, 0.25) is 0 Å². The Labute approximate surface area is 176 Å². The molecule has 0 atom stereocenters. The molecule has 0 unspecified atom stereocenters. The van der Waals surface area contributed by atoms with Gasteiger partial charge in [0.1, 0.15) is 5.54 Å². The van der Waals surface area contributed by atoms with E-state index in [1.807, 2.05) is 18.2 Å². The predicted molar refractivity (Wildman–Crippen MR) is 112 cm³/mol. The summed E-state index contributed by atoms with van der Waals surface area (Å²) in [5.41, 5.74) is 0.798. The first-order valence-corrected chi connectivity index (χ1v) is 11.4. The van der Waals surface area contributed by atoms with Crippen molar-refractivity contribution in [2.75, 3.05) is 18.0 Å². The number of fused-ring (bicyclic) bond motifs is 1. The summed E-state index contributed by atoms with van der Waals surface area (Å²) >= 11 is 0. The number of ether oxygens (including phenoxy) is 1. The van der Waals surface area contributed by atoms with Gasteiger partial charge in [-0.3, -0.25) is 9.10 Å². The summed E-state index contributed by atoms with van der Waals surface area (Å²) in [5.74, 6) is -0.952. The van der Waals surface area contributed by atoms with Crippen LogP contribution < -0.4 is 9.62 Å². The lowest BCUT2D eigenvalue weighted by Crippen LogP contribution is -2.53. The standard InChI is InChI=1S/C22H24N2O5S/c1-29-21(26)22(12-4-5-13-22)23-20(25)17-8-6-9-18(15-17)30(27,28)24-14-11-16-7-2-3-10-19(16)24/h2-3,6-10,15H,4-5,11-14H2,1H3,(H,23,25). The van der Waals surface area contributed by atoms with Gasteiger partial charge >= 0.3 is 5.97 Å². The molecule has 7 nitrogen and oxygen atoms in total. The zero-order valence-electron chi connectivity index (χ0n) is 16.8. The molecule has 1 heterocycles. The van der Waals surface area contributed by atoms with Crippen LogP contribution in [0.25, 0.3) is 0 Å². The van der Waals surface area contributed by atoms with Crippen LogP contribution in [0.5, 0.6) is 0 Å². The molecule has 0 bridgehead atoms. The minimum Gasteiger partial charge on any atom is -0.467 e. The van der Waals surface area contributed by atoms with Crippen molar-refractivity contribution in [2.24, 2.45) is 0 Å². The number of esters is 1. The highest BCUT2D eigenvalue weighted by Gasteiger charge is 2.43. The molecule has 30 heavy (non-hydrogen) atoms. The van der Waals surface area contributed by atoms with Crippen molar-refractivity contribution in [3.05, 3.63) is 59.7 Å². The summed E-state index contributed by atoms with van der Waals surface area (Å²) in [6.07, 6.45) is 3.30. The number of anilines is 1. The van der Waals surface area contributed by atoms with E-state index in [2.05, 4.69) is 5.32 Å². The summed E-state index contributed by atoms with van der Waals surface area (Å²) in [7, 11) is -2.51. The first kappa shape index (κ1) is 20.4. The Morgan fingerprint density at radius 3 is 2.53 bits per heavy atom. The monoisotopic (exact) mass is 428 g/mol. The van der Waals surface area contributed by atoms with Crippen LogP contribution in [-0.4, -0.2) is 39.5 Å². The van der Waals surface area contributed by atoms with Crippen molar-refractivity contribution < 1.29 is 22.7 Å². The zero-order chi connectivity index (χ0) is 21.4. The highest BCUT2D eigenvalue weighted by atomic mass is 32.2. The van der Waals surface area contributed by atoms with Crippen LogP contribution >= 0.6 is 0 Å². The van der Waals surface area contributed by atoms with Crippen molar-refractivity contribution in [2.45, 2.75) is 42.5 Å². The van der Waals surface area contributed by atoms with E-state index in [1.165, 1.54) is 23.5 Å². The van der Waals surface area contributed by atoms with Crippen LogP contribution in [-0.2, 0) is 26.0 Å². The lowest BCUT2D eigenvalue weighted by molar-refractivity contribution is -0.148. The van der Waals surface area contributed by atoms with Crippen molar-refractivity contribution in [1.82, 2.24) is 5.32 Å². The molecule has 1 saturated carbocycles. The van der Waals surface area contributed by atoms with E-state index in [9.17, 15) is 18.0 Å². The average molecular weight is 429 g/mol. The van der Waals surface area contributed by atoms with Crippen molar-refractivity contribution in [1.29, 1.82) is 0 Å². The second kappa shape index (κ2) is 7.75. The maximum absolute atomic E-state index is 13.3. The Balaban J connectivity index is 1.61. The van der Waals surface area contributed by atoms with E-state index >= 15 is 0 Å². The van der Waals surface area contributed by atoms with Gasteiger partial charge in [0.05, 0.1) is 17.7 Å². The number of nitrogens with one attached hydrogen (secondary N) is 1. The van der Waals surface area contributed by atoms with Gasteiger partial charge in [0.2, 0.25) is 0 Å². The molecular formula is C22H24N2O5S. The van der Waals surface area contributed by atoms with E-state index < -0.39 is 27.4 Å². The summed E-state index contributed by atoms with van der Waals surface area (Å²) in [4.78, 5) is 25.2. The lowest BCUT2D eigenvalue weighted by atomic mass is 9.97. The number of sulfonamides is 1. The zero-order valence-corrected chi connectivity index (χ0v) is 17.6. The highest BCUT2D eigenvalue weighted by molar-refractivity contribution is 7.92. The molecule has 158 valence electrons. The van der Waals surface area contributed by atoms with Gasteiger partial charge in [-0.15, -0.1) is 0 Å². The molecule has 1 aliphatic carbocycles. The molecule has 1 amide bonds. The molecule has 2 aromatic rings. The van der Waals surface area contributed by atoms with Crippen LogP contribution in [0.1, 0.15) is 41.6 Å². The van der Waals surface area contributed by atoms with Gasteiger partial charge in [0.15, 0.2) is 0 Å². The fourth-order valence-electron chi connectivity index (χ4n) is 4.33. The maximum atomic E-state index is 13.3. The number of hydrogen-bond donors (Lipinski definition) is 1. The molecule has 4 rings (SSSR count). The van der Waals surface area contributed by atoms with Crippen molar-refractivity contribution in [3.8, 4) is 0 Å². The molecular weight excluding hydrogens is 404 g/mol. The molecule has 0 radical (unpaired) electrons. The molecule has 0 spiro atoms. The third-order valence-electron chi connectivity index (χ3n) is 5.91. The van der Waals surface area contributed by atoms with Crippen molar-refractivity contribution >= 4 is 27.6 Å². The summed E-state index contributed by atoms with van der Waals surface area (Å²) < 4.78 is 32.8. The quantitative estimate of drug-likeness (QED) is 0.739. The van der Waals surface area contributed by atoms with Crippen LogP contribution in [0.3, 0.4) is 0 Å². The number of nitrogens with zero attached hydrogens (tertiary/aromatic N) is 1. The van der Waals surface area contributed by atoms with Gasteiger partial charge in [-0.25, -0.2) is 13.2 Å². The second-order valence-corrected chi connectivity index (χ2v) is 9.58. The summed E-state index contributed by atoms with van der Waals surface area (Å²) in [6.45, 7) is 0.365. The fourth-order valence-corrected chi connectivity index (χ4v) is 5.88. The van der Waals surface area contributed by atoms with E-state index in [0.29, 0.717) is 31.5 Å². The first-order valence-electron chi connectivity index (χ1n) is 9.99. The van der Waals surface area contributed by atoms with E-state index in [-0.39, 0.29) is 10.5 Å². The number of carbonyl (C=O) groups is 2. The smallest absolute Gasteiger partial charge is 0.331 e. The van der Waals surface area contributed by atoms with Gasteiger partial charge in [0.25, 0.3) is 15.9 Å². The molecule has 0 aromatic heterocycles. The van der Waals surface area contributed by atoms with Crippen LogP contribution in [0.4, 0.5) is 5.69 Å². The third-order valence-corrected chi connectivity index (χ3v) is 7.72. The minimum atomic E-state index is -3.81. The SMILES string of the molecule is COC(=O)C1(NC(=O)c2cccc(S(=O)(=O)N3CCc4ccccc43)c2)CCCC1. The number of rotatable bonds is 5. The van der Waals surface area contributed by atoms with Crippen LogP contribution in [0, 0.1) is 0 Å². The second-order valence-electron chi connectivity index (χ2n) is 7.72. The number of carbonyl (C=O) groups excluding carboxylic acids is 2. The average Bonchev–Trinajstić information content (AvgIpc) is 3.41. The number of hydrogen-bond acceptors (Lipinski definition) is 5. The molecule has 2 aromatic carbocycles. The molecule has 1 aliphatic heterocycles. The Kier molecular flexibility index (Phi) is 5.27. The number of methoxy groups -OCH3 is 1. The Bertz CT molecular complexity index is 1090. The summed E-state index contributed by atoms with van der Waals surface area (Å²) in [5, 5.41) is 2.80. The highest BCUT2D eigenvalue weighted by Crippen LogP contribution is 2.33. The van der Waals surface area contributed by atoms with E-state index in [1.54, 1.807) is 18.2 Å². The van der Waals surface area contributed by atoms with E-state index in [0.717, 1.165) is 18.4 Å². The van der Waals surface area contributed by atoms with E-state index in [4.69, 9.17) is 4.74 Å². The Hall–Kier alpha value is -2.87. The molecule has 1 fully saturated rings. The normalized spacial score (nSPS) is 17.4. The molecule has 0 saturated heterocycles. The molecule has 1 N–H and O–H groups in total. The number of para-hydroxylation sites is 1. The van der Waals surface area contributed by atoms with Gasteiger partial charge < -0.3 is 10.1 Å².